The highest BCUT2D eigenvalue weighted by molar-refractivity contribution is 7.92. The quantitative estimate of drug-likeness (QED) is 0.448. The zero-order valence-electron chi connectivity index (χ0n) is 16.3. The Morgan fingerprint density at radius 3 is 1.73 bits per heavy atom. The Kier molecular flexibility index (Phi) is 6.45. The van der Waals surface area contributed by atoms with Crippen LogP contribution in [0.1, 0.15) is 25.3 Å². The van der Waals surface area contributed by atoms with Gasteiger partial charge >= 0.3 is 11.9 Å². The molecule has 0 radical (unpaired) electrons. The first-order valence-electron chi connectivity index (χ1n) is 9.30. The normalized spacial score (nSPS) is 19.7. The number of ether oxygens (including phenoxy) is 2. The van der Waals surface area contributed by atoms with Crippen molar-refractivity contribution < 1.29 is 27.5 Å². The molecule has 0 amide bonds. The minimum Gasteiger partial charge on any atom is -0.465 e. The fourth-order valence-corrected chi connectivity index (χ4v) is 6.27. The van der Waals surface area contributed by atoms with Gasteiger partial charge in [0.15, 0.2) is 15.3 Å². The minimum absolute atomic E-state index is 0.0129. The fourth-order valence-electron chi connectivity index (χ4n) is 3.73. The highest BCUT2D eigenvalue weighted by Gasteiger charge is 2.81. The number of rotatable bonds is 7. The summed E-state index contributed by atoms with van der Waals surface area (Å²) in [6.45, 7) is 3.14. The van der Waals surface area contributed by atoms with Crippen LogP contribution in [0.2, 0.25) is 10.0 Å². The molecule has 2 atom stereocenters. The lowest BCUT2D eigenvalue weighted by atomic mass is 9.99. The van der Waals surface area contributed by atoms with Gasteiger partial charge in [0, 0.05) is 16.0 Å². The molecule has 1 saturated carbocycles. The lowest BCUT2D eigenvalue weighted by molar-refractivity contribution is -0.164. The van der Waals surface area contributed by atoms with E-state index in [0.717, 1.165) is 0 Å². The van der Waals surface area contributed by atoms with Crippen LogP contribution in [0.15, 0.2) is 53.4 Å². The minimum atomic E-state index is -4.12. The summed E-state index contributed by atoms with van der Waals surface area (Å²) in [4.78, 5) is 26.0. The highest BCUT2D eigenvalue weighted by Crippen LogP contribution is 2.65. The summed E-state index contributed by atoms with van der Waals surface area (Å²) in [7, 11) is -4.12. The molecule has 160 valence electrons. The van der Waals surface area contributed by atoms with E-state index in [0.29, 0.717) is 15.6 Å². The molecule has 6 nitrogen and oxygen atoms in total. The van der Waals surface area contributed by atoms with E-state index in [4.69, 9.17) is 32.7 Å². The van der Waals surface area contributed by atoms with E-state index in [1.54, 1.807) is 38.1 Å². The summed E-state index contributed by atoms with van der Waals surface area (Å²) in [5, 5.41) is -0.583. The van der Waals surface area contributed by atoms with E-state index >= 15 is 0 Å². The van der Waals surface area contributed by atoms with Gasteiger partial charge in [0.1, 0.15) is 5.25 Å². The van der Waals surface area contributed by atoms with Gasteiger partial charge in [0.2, 0.25) is 0 Å². The molecular weight excluding hydrogens is 451 g/mol. The molecule has 0 N–H and O–H groups in total. The number of esters is 2. The van der Waals surface area contributed by atoms with Gasteiger partial charge in [-0.2, -0.15) is 0 Å². The summed E-state index contributed by atoms with van der Waals surface area (Å²) in [6, 6.07) is 11.9. The van der Waals surface area contributed by atoms with Gasteiger partial charge in [-0.25, -0.2) is 8.42 Å². The van der Waals surface area contributed by atoms with Gasteiger partial charge in [0.25, 0.3) is 0 Å². The molecule has 0 aromatic heterocycles. The third kappa shape index (κ3) is 3.70. The van der Waals surface area contributed by atoms with Crippen LogP contribution in [0, 0.1) is 5.41 Å². The smallest absolute Gasteiger partial charge is 0.325 e. The summed E-state index contributed by atoms with van der Waals surface area (Å²) >= 11 is 11.8. The molecule has 2 aromatic rings. The zero-order chi connectivity index (χ0) is 22.1. The first kappa shape index (κ1) is 22.6. The summed E-state index contributed by atoms with van der Waals surface area (Å²) in [5.74, 6) is -2.83. The van der Waals surface area contributed by atoms with Crippen molar-refractivity contribution in [3.8, 4) is 0 Å². The van der Waals surface area contributed by atoms with E-state index in [1.807, 2.05) is 0 Å². The van der Waals surface area contributed by atoms with Gasteiger partial charge in [0.05, 0.1) is 18.1 Å². The number of benzene rings is 2. The van der Waals surface area contributed by atoms with Crippen molar-refractivity contribution in [2.45, 2.75) is 29.9 Å². The molecule has 0 spiro atoms. The molecule has 0 aliphatic heterocycles. The Morgan fingerprint density at radius 2 is 1.30 bits per heavy atom. The third-order valence-electron chi connectivity index (χ3n) is 5.06. The van der Waals surface area contributed by atoms with E-state index in [2.05, 4.69) is 0 Å². The Morgan fingerprint density at radius 1 is 0.867 bits per heavy atom. The number of sulfone groups is 1. The van der Waals surface area contributed by atoms with E-state index in [1.165, 1.54) is 24.3 Å². The molecule has 0 heterocycles. The lowest BCUT2D eigenvalue weighted by Gasteiger charge is -2.15. The SMILES string of the molecule is CCOC(=O)C1(C(=O)OCC)[C@H](S(=O)(=O)c2ccc(Cl)cc2)[C@@H]1c1ccc(Cl)cc1. The summed E-state index contributed by atoms with van der Waals surface area (Å²) in [6.07, 6.45) is 0. The number of carbonyl (C=O) groups excluding carboxylic acids is 2. The average Bonchev–Trinajstić information content (AvgIpc) is 3.42. The molecule has 0 saturated heterocycles. The van der Waals surface area contributed by atoms with Crippen LogP contribution >= 0.6 is 23.2 Å². The lowest BCUT2D eigenvalue weighted by Crippen LogP contribution is -2.35. The second-order valence-corrected chi connectivity index (χ2v) is 9.70. The first-order valence-corrected chi connectivity index (χ1v) is 11.6. The summed E-state index contributed by atoms with van der Waals surface area (Å²) in [5.41, 5.74) is -1.53. The Labute approximate surface area is 185 Å². The maximum atomic E-state index is 13.5. The fraction of sp³-hybridized carbons (Fsp3) is 0.333. The average molecular weight is 471 g/mol. The van der Waals surface area contributed by atoms with Crippen molar-refractivity contribution in [3.05, 3.63) is 64.1 Å². The Bertz CT molecular complexity index is 1030. The van der Waals surface area contributed by atoms with Crippen molar-refractivity contribution in [1.29, 1.82) is 0 Å². The molecule has 9 heteroatoms. The van der Waals surface area contributed by atoms with Gasteiger partial charge in [-0.15, -0.1) is 0 Å². The van der Waals surface area contributed by atoms with E-state index in [-0.39, 0.29) is 18.1 Å². The number of hydrogen-bond acceptors (Lipinski definition) is 6. The van der Waals surface area contributed by atoms with Crippen molar-refractivity contribution >= 4 is 45.0 Å². The number of hydrogen-bond donors (Lipinski definition) is 0. The molecule has 30 heavy (non-hydrogen) atoms. The molecule has 1 aliphatic carbocycles. The van der Waals surface area contributed by atoms with Gasteiger partial charge < -0.3 is 9.47 Å². The highest BCUT2D eigenvalue weighted by atomic mass is 35.5. The molecule has 0 unspecified atom stereocenters. The van der Waals surface area contributed by atoms with Crippen LogP contribution in [0.4, 0.5) is 0 Å². The van der Waals surface area contributed by atoms with Crippen molar-refractivity contribution in [2.75, 3.05) is 13.2 Å². The van der Waals surface area contributed by atoms with Gasteiger partial charge in [-0.05, 0) is 55.8 Å². The second-order valence-electron chi connectivity index (χ2n) is 6.76. The zero-order valence-corrected chi connectivity index (χ0v) is 18.6. The van der Waals surface area contributed by atoms with Crippen LogP contribution in [-0.4, -0.2) is 38.8 Å². The van der Waals surface area contributed by atoms with Crippen LogP contribution in [0.5, 0.6) is 0 Å². The first-order chi connectivity index (χ1) is 14.2. The topological polar surface area (TPSA) is 86.7 Å². The predicted octanol–water partition coefficient (Wildman–Crippen LogP) is 4.05. The standard InChI is InChI=1S/C21H20Cl2O6S/c1-3-28-19(24)21(20(25)29-4-2)17(13-5-7-14(22)8-6-13)18(21)30(26,27)16-11-9-15(23)10-12-16/h5-12,17-18H,3-4H2,1-2H3/t17-,18+/m0/s1. The maximum absolute atomic E-state index is 13.5. The van der Waals surface area contributed by atoms with Crippen LogP contribution in [0.3, 0.4) is 0 Å². The molecule has 1 aliphatic rings. The number of halogens is 2. The molecule has 0 bridgehead atoms. The monoisotopic (exact) mass is 470 g/mol. The molecule has 3 rings (SSSR count). The second kappa shape index (κ2) is 8.57. The molecule has 2 aromatic carbocycles. The van der Waals surface area contributed by atoms with Crippen LogP contribution in [-0.2, 0) is 28.9 Å². The Hall–Kier alpha value is -2.09. The van der Waals surface area contributed by atoms with Crippen molar-refractivity contribution in [3.63, 3.8) is 0 Å². The number of carbonyl (C=O) groups is 2. The summed E-state index contributed by atoms with van der Waals surface area (Å²) < 4.78 is 37.3. The van der Waals surface area contributed by atoms with Crippen LogP contribution in [0.25, 0.3) is 0 Å². The third-order valence-corrected chi connectivity index (χ3v) is 7.81. The van der Waals surface area contributed by atoms with Gasteiger partial charge in [-0.1, -0.05) is 35.3 Å². The van der Waals surface area contributed by atoms with Crippen molar-refractivity contribution in [1.82, 2.24) is 0 Å². The van der Waals surface area contributed by atoms with E-state index in [9.17, 15) is 18.0 Å². The van der Waals surface area contributed by atoms with Crippen LogP contribution < -0.4 is 0 Å². The Balaban J connectivity index is 2.19. The predicted molar refractivity (Wildman–Crippen MR) is 112 cm³/mol. The van der Waals surface area contributed by atoms with Crippen molar-refractivity contribution in [2.24, 2.45) is 5.41 Å². The molecular formula is C21H20Cl2O6S. The maximum Gasteiger partial charge on any atom is 0.325 e. The molecule has 1 fully saturated rings. The van der Waals surface area contributed by atoms with E-state index < -0.39 is 38.4 Å². The van der Waals surface area contributed by atoms with Gasteiger partial charge in [-0.3, -0.25) is 9.59 Å². The largest absolute Gasteiger partial charge is 0.465 e.